The van der Waals surface area contributed by atoms with Crippen LogP contribution in [0.15, 0.2) is 30.5 Å². The van der Waals surface area contributed by atoms with Gasteiger partial charge in [0.1, 0.15) is 6.42 Å². The molecule has 6 heteroatoms. The molecular formula is C15H15NO5. The summed E-state index contributed by atoms with van der Waals surface area (Å²) in [5.74, 6) is -1.54. The standard InChI is InChI=1S/C15H15NO5/c1-3-21-14(18)9-13(17)12-8-10(15(19)20-2)11-6-4-5-7-16(11)12/h4-8H,3,9H2,1-2H3. The maximum atomic E-state index is 12.2. The molecule has 21 heavy (non-hydrogen) atoms. The van der Waals surface area contributed by atoms with E-state index in [1.54, 1.807) is 35.7 Å². The summed E-state index contributed by atoms with van der Waals surface area (Å²) in [4.78, 5) is 35.4. The topological polar surface area (TPSA) is 74.1 Å². The Morgan fingerprint density at radius 1 is 1.24 bits per heavy atom. The lowest BCUT2D eigenvalue weighted by molar-refractivity contribution is -0.141. The summed E-state index contributed by atoms with van der Waals surface area (Å²) in [5, 5.41) is 0. The fraction of sp³-hybridized carbons (Fsp3) is 0.267. The van der Waals surface area contributed by atoms with Gasteiger partial charge in [0.05, 0.1) is 30.5 Å². The molecule has 0 aromatic carbocycles. The second-order valence-electron chi connectivity index (χ2n) is 4.30. The van der Waals surface area contributed by atoms with Crippen LogP contribution in [0, 0.1) is 0 Å². The van der Waals surface area contributed by atoms with Gasteiger partial charge in [-0.2, -0.15) is 0 Å². The summed E-state index contributed by atoms with van der Waals surface area (Å²) in [6.45, 7) is 1.89. The zero-order valence-electron chi connectivity index (χ0n) is 11.8. The molecule has 0 N–H and O–H groups in total. The number of esters is 2. The number of pyridine rings is 1. The Morgan fingerprint density at radius 2 is 2.00 bits per heavy atom. The molecule has 0 spiro atoms. The van der Waals surface area contributed by atoms with Crippen LogP contribution >= 0.6 is 0 Å². The van der Waals surface area contributed by atoms with Gasteiger partial charge in [-0.3, -0.25) is 9.59 Å². The van der Waals surface area contributed by atoms with Crippen LogP contribution in [0.4, 0.5) is 0 Å². The van der Waals surface area contributed by atoms with E-state index in [9.17, 15) is 14.4 Å². The molecule has 0 aliphatic rings. The summed E-state index contributed by atoms with van der Waals surface area (Å²) in [7, 11) is 1.27. The van der Waals surface area contributed by atoms with Gasteiger partial charge in [0.2, 0.25) is 0 Å². The lowest BCUT2D eigenvalue weighted by atomic mass is 10.2. The van der Waals surface area contributed by atoms with Crippen molar-refractivity contribution in [3.63, 3.8) is 0 Å². The van der Waals surface area contributed by atoms with Crippen molar-refractivity contribution in [2.75, 3.05) is 13.7 Å². The minimum absolute atomic E-state index is 0.217. The molecule has 0 aliphatic heterocycles. The van der Waals surface area contributed by atoms with Crippen molar-refractivity contribution in [2.24, 2.45) is 0 Å². The van der Waals surface area contributed by atoms with E-state index in [0.717, 1.165) is 0 Å². The molecule has 0 saturated heterocycles. The third-order valence-corrected chi connectivity index (χ3v) is 2.98. The number of rotatable bonds is 5. The van der Waals surface area contributed by atoms with Crippen LogP contribution in [-0.2, 0) is 14.3 Å². The van der Waals surface area contributed by atoms with Crippen LogP contribution in [0.3, 0.4) is 0 Å². The van der Waals surface area contributed by atoms with E-state index < -0.39 is 17.7 Å². The van der Waals surface area contributed by atoms with Gasteiger partial charge in [0.25, 0.3) is 0 Å². The highest BCUT2D eigenvalue weighted by molar-refractivity contribution is 6.08. The molecule has 6 nitrogen and oxygen atoms in total. The minimum Gasteiger partial charge on any atom is -0.466 e. The van der Waals surface area contributed by atoms with Crippen LogP contribution in [0.1, 0.15) is 34.2 Å². The van der Waals surface area contributed by atoms with Gasteiger partial charge < -0.3 is 13.9 Å². The van der Waals surface area contributed by atoms with Crippen molar-refractivity contribution in [3.05, 3.63) is 41.7 Å². The van der Waals surface area contributed by atoms with Gasteiger partial charge in [0, 0.05) is 6.20 Å². The quantitative estimate of drug-likeness (QED) is 0.477. The lowest BCUT2D eigenvalue weighted by Gasteiger charge is -2.02. The summed E-state index contributed by atoms with van der Waals surface area (Å²) in [6, 6.07) is 6.62. The van der Waals surface area contributed by atoms with Gasteiger partial charge in [0.15, 0.2) is 5.78 Å². The van der Waals surface area contributed by atoms with Crippen molar-refractivity contribution in [3.8, 4) is 0 Å². The first-order chi connectivity index (χ1) is 10.1. The van der Waals surface area contributed by atoms with Gasteiger partial charge in [-0.1, -0.05) is 6.07 Å². The zero-order valence-corrected chi connectivity index (χ0v) is 11.8. The van der Waals surface area contributed by atoms with Crippen molar-refractivity contribution in [2.45, 2.75) is 13.3 Å². The van der Waals surface area contributed by atoms with Gasteiger partial charge in [-0.25, -0.2) is 4.79 Å². The fourth-order valence-electron chi connectivity index (χ4n) is 2.07. The van der Waals surface area contributed by atoms with Crippen molar-refractivity contribution >= 4 is 23.2 Å². The number of hydrogen-bond donors (Lipinski definition) is 0. The number of hydrogen-bond acceptors (Lipinski definition) is 5. The Bertz CT molecular complexity index is 701. The van der Waals surface area contributed by atoms with Crippen LogP contribution in [-0.4, -0.2) is 35.8 Å². The average Bonchev–Trinajstić information content (AvgIpc) is 2.86. The number of ether oxygens (including phenoxy) is 2. The van der Waals surface area contributed by atoms with E-state index >= 15 is 0 Å². The fourth-order valence-corrected chi connectivity index (χ4v) is 2.07. The molecule has 2 aromatic heterocycles. The van der Waals surface area contributed by atoms with Crippen LogP contribution in [0.25, 0.3) is 5.52 Å². The molecule has 2 rings (SSSR count). The highest BCUT2D eigenvalue weighted by atomic mass is 16.5. The van der Waals surface area contributed by atoms with E-state index in [1.165, 1.54) is 13.2 Å². The first kappa shape index (κ1) is 14.8. The number of methoxy groups -OCH3 is 1. The highest BCUT2D eigenvalue weighted by Gasteiger charge is 2.21. The number of Topliss-reactive ketones (excluding diaryl/α,β-unsaturated/α-hetero) is 1. The molecule has 0 bridgehead atoms. The smallest absolute Gasteiger partial charge is 0.340 e. The van der Waals surface area contributed by atoms with Crippen molar-refractivity contribution in [1.82, 2.24) is 4.40 Å². The SMILES string of the molecule is CCOC(=O)CC(=O)c1cc(C(=O)OC)c2ccccn12. The Morgan fingerprint density at radius 3 is 2.67 bits per heavy atom. The molecule has 110 valence electrons. The molecule has 0 amide bonds. The van der Waals surface area contributed by atoms with E-state index in [4.69, 9.17) is 9.47 Å². The third-order valence-electron chi connectivity index (χ3n) is 2.98. The maximum absolute atomic E-state index is 12.2. The molecule has 0 atom stereocenters. The predicted octanol–water partition coefficient (Wildman–Crippen LogP) is 1.86. The zero-order chi connectivity index (χ0) is 15.4. The predicted molar refractivity (Wildman–Crippen MR) is 74.3 cm³/mol. The molecule has 0 radical (unpaired) electrons. The average molecular weight is 289 g/mol. The van der Waals surface area contributed by atoms with Gasteiger partial charge >= 0.3 is 11.9 Å². The number of carbonyl (C=O) groups is 3. The van der Waals surface area contributed by atoms with Crippen LogP contribution in [0.5, 0.6) is 0 Å². The number of aromatic nitrogens is 1. The van der Waals surface area contributed by atoms with Crippen LogP contribution < -0.4 is 0 Å². The van der Waals surface area contributed by atoms with E-state index in [-0.39, 0.29) is 24.3 Å². The second kappa shape index (κ2) is 6.21. The number of ketones is 1. The largest absolute Gasteiger partial charge is 0.466 e. The number of carbonyl (C=O) groups excluding carboxylic acids is 3. The lowest BCUT2D eigenvalue weighted by Crippen LogP contribution is -2.12. The molecule has 0 saturated carbocycles. The Labute approximate surface area is 121 Å². The monoisotopic (exact) mass is 289 g/mol. The number of nitrogens with zero attached hydrogens (tertiary/aromatic N) is 1. The number of fused-ring (bicyclic) bond motifs is 1. The molecule has 0 unspecified atom stereocenters. The van der Waals surface area contributed by atoms with Gasteiger partial charge in [-0.05, 0) is 25.1 Å². The molecule has 0 fully saturated rings. The summed E-state index contributed by atoms with van der Waals surface area (Å²) in [5.41, 5.74) is 1.08. The maximum Gasteiger partial charge on any atom is 0.340 e. The molecule has 2 heterocycles. The molecule has 2 aromatic rings. The molecule has 0 aliphatic carbocycles. The first-order valence-corrected chi connectivity index (χ1v) is 6.45. The summed E-state index contributed by atoms with van der Waals surface area (Å²) < 4.78 is 11.0. The second-order valence-corrected chi connectivity index (χ2v) is 4.30. The molecular weight excluding hydrogens is 274 g/mol. The van der Waals surface area contributed by atoms with E-state index in [2.05, 4.69) is 0 Å². The summed E-state index contributed by atoms with van der Waals surface area (Å²) in [6.07, 6.45) is 1.29. The van der Waals surface area contributed by atoms with E-state index in [1.807, 2.05) is 0 Å². The van der Waals surface area contributed by atoms with Crippen LogP contribution in [0.2, 0.25) is 0 Å². The summed E-state index contributed by atoms with van der Waals surface area (Å²) >= 11 is 0. The third kappa shape index (κ3) is 2.94. The highest BCUT2D eigenvalue weighted by Crippen LogP contribution is 2.19. The normalized spacial score (nSPS) is 10.4. The Balaban J connectivity index is 2.42. The minimum atomic E-state index is -0.590. The van der Waals surface area contributed by atoms with Crippen molar-refractivity contribution in [1.29, 1.82) is 0 Å². The van der Waals surface area contributed by atoms with E-state index in [0.29, 0.717) is 5.52 Å². The Kier molecular flexibility index (Phi) is 4.37. The Hall–Kier alpha value is -2.63. The van der Waals surface area contributed by atoms with Gasteiger partial charge in [-0.15, -0.1) is 0 Å². The van der Waals surface area contributed by atoms with Crippen molar-refractivity contribution < 1.29 is 23.9 Å². The first-order valence-electron chi connectivity index (χ1n) is 6.45.